The van der Waals surface area contributed by atoms with E-state index >= 15 is 0 Å². The van der Waals surface area contributed by atoms with Crippen molar-refractivity contribution in [1.29, 1.82) is 0 Å². The van der Waals surface area contributed by atoms with Gasteiger partial charge in [-0.3, -0.25) is 0 Å². The molecule has 0 N–H and O–H groups in total. The number of pyridine rings is 1. The fraction of sp³-hybridized carbons (Fsp3) is 0.545. The topological polar surface area (TPSA) is 16.1 Å². The van der Waals surface area contributed by atoms with Gasteiger partial charge in [-0.05, 0) is 25.0 Å². The summed E-state index contributed by atoms with van der Waals surface area (Å²) in [5.41, 5.74) is -0.646. The van der Waals surface area contributed by atoms with Crippen LogP contribution in [-0.4, -0.2) is 22.9 Å². The van der Waals surface area contributed by atoms with Gasteiger partial charge in [-0.1, -0.05) is 15.9 Å². The molecule has 2 nitrogen and oxygen atoms in total. The highest BCUT2D eigenvalue weighted by Crippen LogP contribution is 2.37. The number of alkyl halides is 4. The van der Waals surface area contributed by atoms with Crippen molar-refractivity contribution in [3.05, 3.63) is 23.9 Å². The summed E-state index contributed by atoms with van der Waals surface area (Å²) in [4.78, 5) is 5.66. The van der Waals surface area contributed by atoms with Crippen LogP contribution in [0.2, 0.25) is 0 Å². The molecular weight excluding hydrogens is 297 g/mol. The van der Waals surface area contributed by atoms with E-state index in [0.29, 0.717) is 11.9 Å². The summed E-state index contributed by atoms with van der Waals surface area (Å²) in [6.45, 7) is 0.635. The van der Waals surface area contributed by atoms with Crippen LogP contribution >= 0.6 is 15.9 Å². The van der Waals surface area contributed by atoms with Crippen LogP contribution in [0.5, 0.6) is 0 Å². The molecule has 1 aliphatic heterocycles. The van der Waals surface area contributed by atoms with Gasteiger partial charge in [-0.2, -0.15) is 13.2 Å². The molecule has 0 aromatic carbocycles. The third kappa shape index (κ3) is 2.56. The van der Waals surface area contributed by atoms with E-state index in [4.69, 9.17) is 0 Å². The second kappa shape index (κ2) is 4.84. The summed E-state index contributed by atoms with van der Waals surface area (Å²) < 4.78 is 38.6. The number of hydrogen-bond donors (Lipinski definition) is 0. The first-order chi connectivity index (χ1) is 8.04. The Hall–Kier alpha value is -0.780. The number of rotatable bonds is 2. The van der Waals surface area contributed by atoms with Crippen molar-refractivity contribution < 1.29 is 13.2 Å². The van der Waals surface area contributed by atoms with Crippen LogP contribution < -0.4 is 4.90 Å². The third-order valence-electron chi connectivity index (χ3n) is 2.92. The van der Waals surface area contributed by atoms with Gasteiger partial charge in [-0.25, -0.2) is 4.98 Å². The summed E-state index contributed by atoms with van der Waals surface area (Å²) >= 11 is 3.34. The molecular formula is C11H12BrF3N2. The number of halogens is 4. The van der Waals surface area contributed by atoms with Gasteiger partial charge in [0.2, 0.25) is 0 Å². The van der Waals surface area contributed by atoms with E-state index < -0.39 is 11.7 Å². The van der Waals surface area contributed by atoms with E-state index in [0.717, 1.165) is 18.9 Å². The molecule has 1 fully saturated rings. The predicted octanol–water partition coefficient (Wildman–Crippen LogP) is 3.46. The molecule has 0 radical (unpaired) electrons. The van der Waals surface area contributed by atoms with Crippen molar-refractivity contribution >= 4 is 21.7 Å². The molecule has 0 spiro atoms. The largest absolute Gasteiger partial charge is 0.419 e. The summed E-state index contributed by atoms with van der Waals surface area (Å²) in [6, 6.07) is 2.52. The minimum Gasteiger partial charge on any atom is -0.352 e. The summed E-state index contributed by atoms with van der Waals surface area (Å²) in [7, 11) is 0. The standard InChI is InChI=1S/C11H12BrF3N2/c12-7-8-3-2-6-17(8)10-9(11(13,14)15)4-1-5-16-10/h1,4-5,8H,2-3,6-7H2. The Morgan fingerprint density at radius 3 is 2.88 bits per heavy atom. The molecule has 1 aliphatic rings. The quantitative estimate of drug-likeness (QED) is 0.778. The molecule has 0 bridgehead atoms. The molecule has 0 aliphatic carbocycles. The van der Waals surface area contributed by atoms with E-state index in [1.54, 1.807) is 4.90 Å². The zero-order valence-corrected chi connectivity index (χ0v) is 10.6. The number of hydrogen-bond acceptors (Lipinski definition) is 2. The van der Waals surface area contributed by atoms with Crippen molar-refractivity contribution in [3.8, 4) is 0 Å². The molecule has 1 aromatic rings. The number of nitrogens with zero attached hydrogens (tertiary/aromatic N) is 2. The van der Waals surface area contributed by atoms with Gasteiger partial charge < -0.3 is 4.90 Å². The van der Waals surface area contributed by atoms with Crippen LogP contribution in [0.1, 0.15) is 18.4 Å². The highest BCUT2D eigenvalue weighted by Gasteiger charge is 2.37. The molecule has 0 saturated carbocycles. The lowest BCUT2D eigenvalue weighted by atomic mass is 10.2. The van der Waals surface area contributed by atoms with E-state index in [1.165, 1.54) is 12.3 Å². The second-order valence-corrected chi connectivity index (χ2v) is 4.66. The first-order valence-electron chi connectivity index (χ1n) is 5.39. The van der Waals surface area contributed by atoms with E-state index in [-0.39, 0.29) is 11.9 Å². The van der Waals surface area contributed by atoms with Crippen molar-refractivity contribution in [3.63, 3.8) is 0 Å². The lowest BCUT2D eigenvalue weighted by Crippen LogP contribution is -2.33. The van der Waals surface area contributed by atoms with Crippen molar-refractivity contribution in [2.75, 3.05) is 16.8 Å². The Morgan fingerprint density at radius 2 is 2.24 bits per heavy atom. The molecule has 1 aromatic heterocycles. The monoisotopic (exact) mass is 308 g/mol. The van der Waals surface area contributed by atoms with Gasteiger partial charge in [0, 0.05) is 24.1 Å². The zero-order chi connectivity index (χ0) is 12.5. The molecule has 94 valence electrons. The predicted molar refractivity (Wildman–Crippen MR) is 63.4 cm³/mol. The molecule has 1 saturated heterocycles. The molecule has 1 atom stereocenters. The fourth-order valence-corrected chi connectivity index (χ4v) is 2.80. The highest BCUT2D eigenvalue weighted by atomic mass is 79.9. The Kier molecular flexibility index (Phi) is 3.61. The Bertz CT molecular complexity index is 395. The van der Waals surface area contributed by atoms with E-state index in [2.05, 4.69) is 20.9 Å². The van der Waals surface area contributed by atoms with Crippen molar-refractivity contribution in [2.45, 2.75) is 25.1 Å². The molecule has 2 heterocycles. The van der Waals surface area contributed by atoms with Gasteiger partial charge in [0.25, 0.3) is 0 Å². The van der Waals surface area contributed by atoms with Gasteiger partial charge in [0.1, 0.15) is 5.82 Å². The minimum atomic E-state index is -4.34. The SMILES string of the molecule is FC(F)(F)c1cccnc1N1CCCC1CBr. The Balaban J connectivity index is 2.38. The maximum atomic E-state index is 12.9. The highest BCUT2D eigenvalue weighted by molar-refractivity contribution is 9.09. The third-order valence-corrected chi connectivity index (χ3v) is 3.67. The van der Waals surface area contributed by atoms with Crippen LogP contribution in [0.25, 0.3) is 0 Å². The van der Waals surface area contributed by atoms with Crippen LogP contribution in [0.3, 0.4) is 0 Å². The minimum absolute atomic E-state index is 0.0574. The fourth-order valence-electron chi connectivity index (χ4n) is 2.12. The first-order valence-corrected chi connectivity index (χ1v) is 6.51. The summed E-state index contributed by atoms with van der Waals surface area (Å²) in [6.07, 6.45) is -1.12. The van der Waals surface area contributed by atoms with Crippen LogP contribution in [0.15, 0.2) is 18.3 Å². The molecule has 1 unspecified atom stereocenters. The van der Waals surface area contributed by atoms with Crippen LogP contribution in [0.4, 0.5) is 19.0 Å². The first kappa shape index (κ1) is 12.7. The Labute approximate surface area is 106 Å². The molecule has 17 heavy (non-hydrogen) atoms. The normalized spacial score (nSPS) is 20.9. The van der Waals surface area contributed by atoms with Gasteiger partial charge in [-0.15, -0.1) is 0 Å². The summed E-state index contributed by atoms with van der Waals surface area (Å²) in [5.74, 6) is 0.0574. The molecule has 0 amide bonds. The average Bonchev–Trinajstić information content (AvgIpc) is 2.75. The van der Waals surface area contributed by atoms with Crippen LogP contribution in [0, 0.1) is 0 Å². The number of aromatic nitrogens is 1. The van der Waals surface area contributed by atoms with E-state index in [1.807, 2.05) is 0 Å². The molecule has 2 rings (SSSR count). The summed E-state index contributed by atoms with van der Waals surface area (Å²) in [5, 5.41) is 0.668. The van der Waals surface area contributed by atoms with Crippen LogP contribution in [-0.2, 0) is 6.18 Å². The van der Waals surface area contributed by atoms with Gasteiger partial charge in [0.15, 0.2) is 0 Å². The molecule has 6 heteroatoms. The zero-order valence-electron chi connectivity index (χ0n) is 9.04. The lowest BCUT2D eigenvalue weighted by molar-refractivity contribution is -0.137. The van der Waals surface area contributed by atoms with Gasteiger partial charge in [0.05, 0.1) is 5.56 Å². The maximum absolute atomic E-state index is 12.9. The smallest absolute Gasteiger partial charge is 0.352 e. The van der Waals surface area contributed by atoms with Gasteiger partial charge >= 0.3 is 6.18 Å². The lowest BCUT2D eigenvalue weighted by Gasteiger charge is -2.26. The second-order valence-electron chi connectivity index (χ2n) is 4.02. The Morgan fingerprint density at radius 1 is 1.47 bits per heavy atom. The van der Waals surface area contributed by atoms with E-state index in [9.17, 15) is 13.2 Å². The average molecular weight is 309 g/mol. The number of anilines is 1. The van der Waals surface area contributed by atoms with Crippen molar-refractivity contribution in [2.24, 2.45) is 0 Å². The maximum Gasteiger partial charge on any atom is 0.419 e. The van der Waals surface area contributed by atoms with Crippen molar-refractivity contribution in [1.82, 2.24) is 4.98 Å².